The summed E-state index contributed by atoms with van der Waals surface area (Å²) >= 11 is 4.42. The van der Waals surface area contributed by atoms with Gasteiger partial charge in [0.05, 0.1) is 11.9 Å². The van der Waals surface area contributed by atoms with E-state index in [1.54, 1.807) is 0 Å². The fourth-order valence-electron chi connectivity index (χ4n) is 0. The molecule has 0 aromatic heterocycles. The summed E-state index contributed by atoms with van der Waals surface area (Å²) in [5.74, 6) is 0. The number of hydrogen-bond acceptors (Lipinski definition) is 1. The molecule has 4 heteroatoms. The number of halogens is 2. The van der Waals surface area contributed by atoms with Crippen molar-refractivity contribution in [3.8, 4) is 0 Å². The monoisotopic (exact) mass is 110 g/mol. The molecule has 0 atom stereocenters. The summed E-state index contributed by atoms with van der Waals surface area (Å²) in [7, 11) is 4.78. The molecule has 0 saturated heterocycles. The zero-order valence-electron chi connectivity index (χ0n) is 2.20. The Morgan fingerprint density at radius 1 is 1.25 bits per heavy atom. The molecule has 22 valence electrons. The fourth-order valence-corrected chi connectivity index (χ4v) is 0. The zero-order valence-corrected chi connectivity index (χ0v) is 5.72. The van der Waals surface area contributed by atoms with E-state index in [1.165, 1.54) is 0 Å². The Balaban J connectivity index is 0. The van der Waals surface area contributed by atoms with Gasteiger partial charge in [0, 0.05) is 0 Å². The molecule has 0 bridgehead atoms. The predicted octanol–water partition coefficient (Wildman–Crippen LogP) is 0.441. The first kappa shape index (κ1) is 9.11. The second-order valence-electron chi connectivity index (χ2n) is 0. The third-order valence-electron chi connectivity index (χ3n) is 0. The van der Waals surface area contributed by atoms with E-state index in [1.807, 2.05) is 0 Å². The number of hydrogen-bond donors (Lipinski definition) is 1. The third-order valence-corrected chi connectivity index (χ3v) is 0. The average Bonchev–Trinajstić information content (AvgIpc) is 1.50. The van der Waals surface area contributed by atoms with Crippen molar-refractivity contribution in [1.29, 1.82) is 0 Å². The molecule has 0 spiro atoms. The van der Waals surface area contributed by atoms with Crippen LogP contribution in [0.4, 0.5) is 0 Å². The van der Waals surface area contributed by atoms with Crippen LogP contribution in [-0.4, -0.2) is 31.3 Å². The van der Waals surface area contributed by atoms with Crippen LogP contribution in [0.5, 0.6) is 0 Å². The average molecular weight is 111 g/mol. The molecular formula is HCl2NaO. The van der Waals surface area contributed by atoms with E-state index < -0.39 is 0 Å². The van der Waals surface area contributed by atoms with Gasteiger partial charge in [-0.05, 0) is 0 Å². The van der Waals surface area contributed by atoms with Crippen LogP contribution >= 0.6 is 19.8 Å². The maximum atomic E-state index is 6.47. The molecule has 0 aromatic rings. The van der Waals surface area contributed by atoms with Gasteiger partial charge in [0.25, 0.3) is 0 Å². The summed E-state index contributed by atoms with van der Waals surface area (Å²) in [5, 5.41) is 0. The van der Waals surface area contributed by atoms with Crippen LogP contribution in [0.25, 0.3) is 0 Å². The van der Waals surface area contributed by atoms with Crippen LogP contribution in [0.1, 0.15) is 0 Å². The molecule has 0 unspecified atom stereocenters. The summed E-state index contributed by atoms with van der Waals surface area (Å²) in [6.07, 6.45) is 0. The van der Waals surface area contributed by atoms with Gasteiger partial charge < -0.3 is 0 Å². The number of rotatable bonds is 0. The van der Waals surface area contributed by atoms with Crippen LogP contribution in [0.3, 0.4) is 0 Å². The van der Waals surface area contributed by atoms with Crippen molar-refractivity contribution in [2.45, 2.75) is 0 Å². The Bertz CT molecular complexity index is 6.00. The van der Waals surface area contributed by atoms with Gasteiger partial charge in [-0.25, -0.2) is 0 Å². The van der Waals surface area contributed by atoms with Gasteiger partial charge in [-0.3, -0.25) is 4.66 Å². The summed E-state index contributed by atoms with van der Waals surface area (Å²) in [6, 6.07) is 0. The van der Waals surface area contributed by atoms with Gasteiger partial charge in [-0.1, -0.05) is 0 Å². The van der Waals surface area contributed by atoms with Gasteiger partial charge in [-0.2, -0.15) is 0 Å². The Labute approximate surface area is 50.8 Å². The summed E-state index contributed by atoms with van der Waals surface area (Å²) in [4.78, 5) is 0. The van der Waals surface area contributed by atoms with Gasteiger partial charge in [0.2, 0.25) is 0 Å². The van der Waals surface area contributed by atoms with Crippen molar-refractivity contribution in [3.05, 3.63) is 0 Å². The van der Waals surface area contributed by atoms with E-state index in [0.717, 1.165) is 26.6 Å². The molecule has 4 heavy (non-hydrogen) atoms. The van der Waals surface area contributed by atoms with Gasteiger partial charge in [0.1, 0.15) is 0 Å². The van der Waals surface area contributed by atoms with Crippen molar-refractivity contribution >= 4 is 46.4 Å². The molecular weight excluding hydrogens is 110 g/mol. The molecule has 0 aliphatic heterocycles. The Hall–Kier alpha value is 1.54. The van der Waals surface area contributed by atoms with Crippen LogP contribution in [0.15, 0.2) is 0 Å². The molecule has 1 nitrogen and oxygen atoms in total. The van der Waals surface area contributed by atoms with Gasteiger partial charge in [-0.15, -0.1) is 0 Å². The van der Waals surface area contributed by atoms with Crippen LogP contribution in [-0.2, 0) is 0 Å². The topological polar surface area (TPSA) is 20.2 Å². The predicted molar refractivity (Wildman–Crippen MR) is 19.7 cm³/mol. The first-order valence-electron chi connectivity index (χ1n) is 0.547. The molecule has 0 rings (SSSR count). The second-order valence-corrected chi connectivity index (χ2v) is 0. The molecule has 0 aliphatic carbocycles. The second kappa shape index (κ2) is 24.0. The molecule has 0 aromatic carbocycles. The van der Waals surface area contributed by atoms with Crippen LogP contribution in [0.2, 0.25) is 0 Å². The maximum absolute atomic E-state index is 6.47. The van der Waals surface area contributed by atoms with Crippen molar-refractivity contribution in [2.75, 3.05) is 0 Å². The van der Waals surface area contributed by atoms with E-state index in [4.69, 9.17) is 12.6 Å². The van der Waals surface area contributed by atoms with E-state index >= 15 is 0 Å². The van der Waals surface area contributed by atoms with Crippen molar-refractivity contribution in [2.24, 2.45) is 0 Å². The van der Waals surface area contributed by atoms with Crippen molar-refractivity contribution < 1.29 is 4.66 Å². The quantitative estimate of drug-likeness (QED) is 0.449. The van der Waals surface area contributed by atoms with Crippen molar-refractivity contribution in [1.82, 2.24) is 0 Å². The molecule has 0 heterocycles. The van der Waals surface area contributed by atoms with E-state index in [9.17, 15) is 0 Å². The summed E-state index contributed by atoms with van der Waals surface area (Å²) in [5.41, 5.74) is 0. The fraction of sp³-hybridized carbons (Fsp3) is 0. The molecule has 0 radical (unpaired) electrons. The zero-order chi connectivity index (χ0) is 4.00. The first-order chi connectivity index (χ1) is 2.00. The van der Waals surface area contributed by atoms with E-state index in [0.29, 0.717) is 0 Å². The Morgan fingerprint density at radius 2 is 1.25 bits per heavy atom. The molecule has 0 amide bonds. The van der Waals surface area contributed by atoms with Crippen LogP contribution in [0, 0.1) is 0 Å². The summed E-state index contributed by atoms with van der Waals surface area (Å²) < 4.78 is 6.47. The van der Waals surface area contributed by atoms with E-state index in [2.05, 4.69) is 11.9 Å². The molecule has 0 aliphatic rings. The van der Waals surface area contributed by atoms with Gasteiger partial charge >= 0.3 is 34.6 Å². The molecule has 1 N–H and O–H groups in total. The minimum absolute atomic E-state index is 0.778. The molecule has 0 saturated carbocycles. The van der Waals surface area contributed by atoms with Crippen LogP contribution < -0.4 is 0 Å². The SMILES string of the molecule is OCl.[Na][Cl]. The Kier molecular flexibility index (Phi) is 54.6. The van der Waals surface area contributed by atoms with E-state index in [-0.39, 0.29) is 0 Å². The molecule has 0 fully saturated rings. The standard InChI is InChI=1S/ClHO.ClH.Na/c1-2;;/h2H;1H;/q;;+1/p-1. The first-order valence-corrected chi connectivity index (χ1v) is 3.91. The normalized spacial score (nSPS) is 3.25. The van der Waals surface area contributed by atoms with Gasteiger partial charge in [0.15, 0.2) is 0 Å². The third kappa shape index (κ3) is 9.63. The Morgan fingerprint density at radius 3 is 1.25 bits per heavy atom. The minimum atomic E-state index is 0.778. The summed E-state index contributed by atoms with van der Waals surface area (Å²) in [6.45, 7) is 0. The van der Waals surface area contributed by atoms with Crippen molar-refractivity contribution in [3.63, 3.8) is 0 Å².